The number of rotatable bonds is 10. The zero-order chi connectivity index (χ0) is 34.3. The van der Waals surface area contributed by atoms with Crippen molar-refractivity contribution in [2.24, 2.45) is 0 Å². The Balaban J connectivity index is 1.01. The van der Waals surface area contributed by atoms with Gasteiger partial charge < -0.3 is 29.6 Å². The van der Waals surface area contributed by atoms with Crippen molar-refractivity contribution in [3.63, 3.8) is 0 Å². The fraction of sp³-hybridized carbons (Fsp3) is 0.306. The van der Waals surface area contributed by atoms with Gasteiger partial charge in [-0.25, -0.2) is 4.98 Å². The van der Waals surface area contributed by atoms with E-state index in [4.69, 9.17) is 19.2 Å². The van der Waals surface area contributed by atoms with Gasteiger partial charge in [-0.3, -0.25) is 9.35 Å². The Morgan fingerprint density at radius 2 is 1.59 bits per heavy atom. The summed E-state index contributed by atoms with van der Waals surface area (Å²) in [5.41, 5.74) is 7.94. The maximum Gasteiger partial charge on any atom is 0.296 e. The lowest BCUT2D eigenvalue weighted by Crippen LogP contribution is -2.34. The highest BCUT2D eigenvalue weighted by molar-refractivity contribution is 7.85. The topological polar surface area (TPSA) is 173 Å². The smallest absolute Gasteiger partial charge is 0.296 e. The molecule has 1 unspecified atom stereocenters. The van der Waals surface area contributed by atoms with E-state index in [1.807, 2.05) is 68.4 Å². The van der Waals surface area contributed by atoms with Crippen LogP contribution in [-0.4, -0.2) is 88.9 Å². The average molecular weight is 685 g/mol. The standard InChI is InChI=1S/C36H36N4O8S/c1-20-3-5-24(6-4-20)27(19-49(43,44)45)16-37-35(42)26-13-9-23(10-14-26)22-7-11-25(12-8-22)31-21(2)15-28-34(39-31)40-36(38-28)48-30-18-47-32-29(41)17-46-33(30)32/h3-15,27,29-30,32-33,41H,16-19H2,1-2H3,(H,37,42)(H,38,39,40)(H,43,44,45)/t27?,29-,30-,32-,33-/m1/s1. The number of ether oxygens (including phenoxy) is 3. The Morgan fingerprint density at radius 3 is 2.29 bits per heavy atom. The van der Waals surface area contributed by atoms with Crippen LogP contribution in [0.4, 0.5) is 0 Å². The molecule has 4 heterocycles. The van der Waals surface area contributed by atoms with E-state index in [-0.39, 0.29) is 31.3 Å². The maximum absolute atomic E-state index is 13.0. The van der Waals surface area contributed by atoms with Gasteiger partial charge in [-0.2, -0.15) is 13.4 Å². The number of nitrogens with one attached hydrogen (secondary N) is 2. The van der Waals surface area contributed by atoms with Crippen LogP contribution in [0.25, 0.3) is 33.5 Å². The molecule has 0 radical (unpaired) electrons. The van der Waals surface area contributed by atoms with Gasteiger partial charge in [0.1, 0.15) is 18.3 Å². The molecule has 2 fully saturated rings. The summed E-state index contributed by atoms with van der Waals surface area (Å²) >= 11 is 0. The lowest BCUT2D eigenvalue weighted by molar-refractivity contribution is 0.00706. The second kappa shape index (κ2) is 13.3. The molecule has 254 valence electrons. The Kier molecular flexibility index (Phi) is 8.94. The number of imidazole rings is 1. The second-order valence-electron chi connectivity index (χ2n) is 12.6. The number of aryl methyl sites for hydroxylation is 2. The van der Waals surface area contributed by atoms with Crippen molar-refractivity contribution in [3.8, 4) is 28.4 Å². The van der Waals surface area contributed by atoms with Crippen LogP contribution in [0.1, 0.15) is 33.0 Å². The second-order valence-corrected chi connectivity index (χ2v) is 14.1. The molecule has 2 saturated heterocycles. The number of aromatic nitrogens is 3. The first kappa shape index (κ1) is 32.9. The molecule has 2 aromatic heterocycles. The van der Waals surface area contributed by atoms with Crippen molar-refractivity contribution < 1.29 is 37.1 Å². The van der Waals surface area contributed by atoms with Gasteiger partial charge in [0.05, 0.1) is 30.2 Å². The molecule has 0 aliphatic carbocycles. The third kappa shape index (κ3) is 7.21. The van der Waals surface area contributed by atoms with E-state index in [9.17, 15) is 22.9 Å². The van der Waals surface area contributed by atoms with Gasteiger partial charge in [0.25, 0.3) is 22.0 Å². The van der Waals surface area contributed by atoms with Crippen LogP contribution in [0, 0.1) is 13.8 Å². The number of pyridine rings is 1. The normalized spacial score (nSPS) is 21.1. The number of aliphatic hydroxyl groups is 1. The first-order valence-corrected chi connectivity index (χ1v) is 17.6. The van der Waals surface area contributed by atoms with Crippen LogP contribution >= 0.6 is 0 Å². The minimum absolute atomic E-state index is 0.0487. The Labute approximate surface area is 283 Å². The van der Waals surface area contributed by atoms with Crippen molar-refractivity contribution in [1.29, 1.82) is 0 Å². The summed E-state index contributed by atoms with van der Waals surface area (Å²) in [4.78, 5) is 25.5. The summed E-state index contributed by atoms with van der Waals surface area (Å²) in [5, 5.41) is 12.8. The molecule has 3 aromatic carbocycles. The van der Waals surface area contributed by atoms with Crippen LogP contribution in [0.3, 0.4) is 0 Å². The molecule has 2 aliphatic rings. The summed E-state index contributed by atoms with van der Waals surface area (Å²) in [5.74, 6) is -1.44. The Morgan fingerprint density at radius 1 is 0.939 bits per heavy atom. The lowest BCUT2D eigenvalue weighted by atomic mass is 9.99. The molecule has 5 aromatic rings. The van der Waals surface area contributed by atoms with Crippen LogP contribution in [-0.2, 0) is 19.6 Å². The molecule has 1 amide bonds. The zero-order valence-electron chi connectivity index (χ0n) is 26.9. The highest BCUT2D eigenvalue weighted by Crippen LogP contribution is 2.31. The van der Waals surface area contributed by atoms with E-state index in [1.54, 1.807) is 24.3 Å². The largest absolute Gasteiger partial charge is 0.456 e. The quantitative estimate of drug-likeness (QED) is 0.156. The molecule has 13 heteroatoms. The van der Waals surface area contributed by atoms with E-state index >= 15 is 0 Å². The van der Waals surface area contributed by atoms with E-state index < -0.39 is 34.0 Å². The average Bonchev–Trinajstić information content (AvgIpc) is 3.78. The lowest BCUT2D eigenvalue weighted by Gasteiger charge is -2.17. The number of amides is 1. The minimum Gasteiger partial charge on any atom is -0.456 e. The van der Waals surface area contributed by atoms with Gasteiger partial charge in [-0.05, 0) is 54.3 Å². The molecule has 5 atom stereocenters. The fourth-order valence-electron chi connectivity index (χ4n) is 6.38. The van der Waals surface area contributed by atoms with Crippen LogP contribution in [0.15, 0.2) is 78.9 Å². The van der Waals surface area contributed by atoms with Crippen LogP contribution < -0.4 is 10.1 Å². The number of hydrogen-bond donors (Lipinski definition) is 4. The van der Waals surface area contributed by atoms with Crippen LogP contribution in [0.5, 0.6) is 6.01 Å². The first-order valence-electron chi connectivity index (χ1n) is 16.0. The van der Waals surface area contributed by atoms with Crippen molar-refractivity contribution in [2.45, 2.75) is 44.2 Å². The Bertz CT molecular complexity index is 2080. The number of H-pyrrole nitrogens is 1. The van der Waals surface area contributed by atoms with Gasteiger partial charge in [-0.15, -0.1) is 0 Å². The van der Waals surface area contributed by atoms with Gasteiger partial charge in [0.2, 0.25) is 0 Å². The molecule has 12 nitrogen and oxygen atoms in total. The third-order valence-electron chi connectivity index (χ3n) is 9.00. The number of carbonyl (C=O) groups is 1. The summed E-state index contributed by atoms with van der Waals surface area (Å²) in [6, 6.07) is 24.7. The van der Waals surface area contributed by atoms with Gasteiger partial charge in [0, 0.05) is 23.6 Å². The number of fused-ring (bicyclic) bond motifs is 2. The minimum atomic E-state index is -4.25. The van der Waals surface area contributed by atoms with E-state index in [1.165, 1.54) is 0 Å². The predicted octanol–water partition coefficient (Wildman–Crippen LogP) is 4.22. The van der Waals surface area contributed by atoms with E-state index in [0.717, 1.165) is 39.0 Å². The number of carbonyl (C=O) groups excluding carboxylic acids is 1. The highest BCUT2D eigenvalue weighted by Gasteiger charge is 2.48. The monoisotopic (exact) mass is 684 g/mol. The number of hydrogen-bond acceptors (Lipinski definition) is 9. The van der Waals surface area contributed by atoms with Crippen molar-refractivity contribution in [2.75, 3.05) is 25.5 Å². The van der Waals surface area contributed by atoms with E-state index in [2.05, 4.69) is 15.3 Å². The molecule has 0 saturated carbocycles. The highest BCUT2D eigenvalue weighted by atomic mass is 32.2. The number of aromatic amines is 1. The van der Waals surface area contributed by atoms with Crippen molar-refractivity contribution in [1.82, 2.24) is 20.3 Å². The van der Waals surface area contributed by atoms with Crippen molar-refractivity contribution in [3.05, 3.63) is 101 Å². The molecule has 4 N–H and O–H groups in total. The molecule has 0 bridgehead atoms. The summed E-state index contributed by atoms with van der Waals surface area (Å²) in [7, 11) is -4.25. The number of benzene rings is 3. The summed E-state index contributed by atoms with van der Waals surface area (Å²) in [6.07, 6.45) is -1.77. The van der Waals surface area contributed by atoms with Crippen molar-refractivity contribution >= 4 is 27.2 Å². The third-order valence-corrected chi connectivity index (χ3v) is 9.82. The summed E-state index contributed by atoms with van der Waals surface area (Å²) in [6.45, 7) is 4.48. The van der Waals surface area contributed by atoms with Gasteiger partial charge >= 0.3 is 0 Å². The van der Waals surface area contributed by atoms with Gasteiger partial charge in [0.15, 0.2) is 11.8 Å². The molecule has 7 rings (SSSR count). The molecule has 2 aliphatic heterocycles. The molecular formula is C36H36N4O8S. The van der Waals surface area contributed by atoms with E-state index in [0.29, 0.717) is 29.4 Å². The number of aliphatic hydroxyl groups excluding tert-OH is 1. The zero-order valence-corrected chi connectivity index (χ0v) is 27.7. The first-order chi connectivity index (χ1) is 23.5. The van der Waals surface area contributed by atoms with Gasteiger partial charge in [-0.1, -0.05) is 66.2 Å². The molecule has 0 spiro atoms. The SMILES string of the molecule is Cc1ccc(C(CNC(=O)c2ccc(-c3ccc(-c4nc5nc(O[C@@H]6CO[C@H]7[C@@H]6OC[C@H]7O)[nH]c5cc4C)cc3)cc2)CS(=O)(=O)O)cc1. The maximum atomic E-state index is 13.0. The van der Waals surface area contributed by atoms with Crippen LogP contribution in [0.2, 0.25) is 0 Å². The molecular weight excluding hydrogens is 648 g/mol. The predicted molar refractivity (Wildman–Crippen MR) is 182 cm³/mol. The Hall–Kier alpha value is -4.66. The fourth-order valence-corrected chi connectivity index (χ4v) is 7.19. The molecule has 49 heavy (non-hydrogen) atoms. The number of nitrogens with zero attached hydrogens (tertiary/aromatic N) is 2. The summed E-state index contributed by atoms with van der Waals surface area (Å²) < 4.78 is 50.1.